The predicted octanol–water partition coefficient (Wildman–Crippen LogP) is 7.61. The van der Waals surface area contributed by atoms with E-state index in [9.17, 15) is 9.59 Å². The third-order valence-electron chi connectivity index (χ3n) is 4.90. The van der Waals surface area contributed by atoms with Crippen LogP contribution in [0.25, 0.3) is 0 Å². The third kappa shape index (κ3) is 5.18. The largest absolute Gasteiger partial charge is 0.297 e. The Morgan fingerprint density at radius 3 is 1.66 bits per heavy atom. The zero-order valence-corrected chi connectivity index (χ0v) is 19.9. The fraction of sp³-hybridized carbons (Fsp3) is 0.0769. The van der Waals surface area contributed by atoms with E-state index >= 15 is 0 Å². The van der Waals surface area contributed by atoms with Crippen LogP contribution in [0.15, 0.2) is 95.0 Å². The van der Waals surface area contributed by atoms with Crippen molar-refractivity contribution in [1.82, 2.24) is 0 Å². The average Bonchev–Trinajstić information content (AvgIpc) is 3.16. The summed E-state index contributed by atoms with van der Waals surface area (Å²) >= 11 is 6.24. The highest BCUT2D eigenvalue weighted by molar-refractivity contribution is 8.80. The third-order valence-corrected chi connectivity index (χ3v) is 7.44. The molecule has 1 aliphatic heterocycles. The highest BCUT2D eigenvalue weighted by Crippen LogP contribution is 2.51. The summed E-state index contributed by atoms with van der Waals surface area (Å²) in [6.45, 7) is 3.97. The zero-order valence-electron chi connectivity index (χ0n) is 17.5. The number of benzene rings is 3. The lowest BCUT2D eigenvalue weighted by atomic mass is 10.1. The molecule has 4 rings (SSSR count). The SMILES string of the molecule is Cc1ccc(C(=O)/C=C2\SS/C(=C\C(=O)c3ccc(C)cc3)N2c2cccc(Cl)c2)cc1. The van der Waals surface area contributed by atoms with E-state index in [0.717, 1.165) is 26.9 Å². The van der Waals surface area contributed by atoms with E-state index in [1.807, 2.05) is 85.5 Å². The van der Waals surface area contributed by atoms with Crippen molar-refractivity contribution in [2.75, 3.05) is 4.90 Å². The molecule has 0 atom stereocenters. The smallest absolute Gasteiger partial charge is 0.188 e. The van der Waals surface area contributed by atoms with Gasteiger partial charge in [0.1, 0.15) is 0 Å². The van der Waals surface area contributed by atoms with Gasteiger partial charge < -0.3 is 0 Å². The van der Waals surface area contributed by atoms with E-state index in [-0.39, 0.29) is 11.6 Å². The van der Waals surface area contributed by atoms with Gasteiger partial charge >= 0.3 is 0 Å². The molecule has 0 aromatic heterocycles. The lowest BCUT2D eigenvalue weighted by Crippen LogP contribution is -2.16. The summed E-state index contributed by atoms with van der Waals surface area (Å²) in [6, 6.07) is 22.3. The molecule has 0 N–H and O–H groups in total. The van der Waals surface area contributed by atoms with E-state index in [0.29, 0.717) is 16.1 Å². The minimum atomic E-state index is -0.0914. The van der Waals surface area contributed by atoms with Crippen molar-refractivity contribution in [1.29, 1.82) is 0 Å². The molecule has 160 valence electrons. The van der Waals surface area contributed by atoms with Crippen molar-refractivity contribution in [2.24, 2.45) is 0 Å². The molecule has 3 aromatic rings. The number of aryl methyl sites for hydroxylation is 2. The van der Waals surface area contributed by atoms with Crippen molar-refractivity contribution >= 4 is 50.4 Å². The second-order valence-corrected chi connectivity index (χ2v) is 10.0. The van der Waals surface area contributed by atoms with Crippen LogP contribution in [-0.4, -0.2) is 11.6 Å². The molecule has 0 spiro atoms. The number of hydrogen-bond donors (Lipinski definition) is 0. The molecule has 1 saturated heterocycles. The normalized spacial score (nSPS) is 16.0. The van der Waals surface area contributed by atoms with E-state index in [4.69, 9.17) is 11.6 Å². The highest BCUT2D eigenvalue weighted by atomic mass is 35.5. The minimum absolute atomic E-state index is 0.0914. The Morgan fingerprint density at radius 1 is 0.750 bits per heavy atom. The lowest BCUT2D eigenvalue weighted by Gasteiger charge is -2.20. The second-order valence-electron chi connectivity index (χ2n) is 7.41. The number of anilines is 1. The predicted molar refractivity (Wildman–Crippen MR) is 136 cm³/mol. The van der Waals surface area contributed by atoms with Crippen LogP contribution in [0, 0.1) is 13.8 Å². The first kappa shape index (κ1) is 22.5. The second kappa shape index (κ2) is 9.82. The highest BCUT2D eigenvalue weighted by Gasteiger charge is 2.28. The summed E-state index contributed by atoms with van der Waals surface area (Å²) in [4.78, 5) is 27.7. The van der Waals surface area contributed by atoms with Gasteiger partial charge in [-0.1, -0.05) is 77.3 Å². The van der Waals surface area contributed by atoms with Crippen molar-refractivity contribution in [3.05, 3.63) is 122 Å². The zero-order chi connectivity index (χ0) is 22.7. The van der Waals surface area contributed by atoms with Gasteiger partial charge in [-0.3, -0.25) is 14.5 Å². The van der Waals surface area contributed by atoms with Crippen molar-refractivity contribution in [2.45, 2.75) is 13.8 Å². The Hall–Kier alpha value is -2.73. The van der Waals surface area contributed by atoms with E-state index in [1.54, 1.807) is 18.2 Å². The van der Waals surface area contributed by atoms with Crippen LogP contribution in [0.3, 0.4) is 0 Å². The summed E-state index contributed by atoms with van der Waals surface area (Å²) in [7, 11) is 2.89. The van der Waals surface area contributed by atoms with Gasteiger partial charge in [0.05, 0.1) is 10.1 Å². The van der Waals surface area contributed by atoms with Crippen molar-refractivity contribution < 1.29 is 9.59 Å². The van der Waals surface area contributed by atoms with Crippen LogP contribution in [-0.2, 0) is 0 Å². The number of allylic oxidation sites excluding steroid dienone is 2. The molecule has 6 heteroatoms. The van der Waals surface area contributed by atoms with Gasteiger partial charge in [-0.25, -0.2) is 0 Å². The molecule has 0 bridgehead atoms. The number of carbonyl (C=O) groups excluding carboxylic acids is 2. The molecule has 3 nitrogen and oxygen atoms in total. The van der Waals surface area contributed by atoms with Gasteiger partial charge in [-0.05, 0) is 53.6 Å². The van der Waals surface area contributed by atoms with E-state index in [2.05, 4.69) is 0 Å². The maximum absolute atomic E-state index is 12.9. The van der Waals surface area contributed by atoms with Gasteiger partial charge in [0.25, 0.3) is 0 Å². The lowest BCUT2D eigenvalue weighted by molar-refractivity contribution is 0.103. The molecular formula is C26H20ClNO2S2. The first-order chi connectivity index (χ1) is 15.4. The van der Waals surface area contributed by atoms with Crippen LogP contribution in [0.4, 0.5) is 5.69 Å². The first-order valence-electron chi connectivity index (χ1n) is 9.96. The summed E-state index contributed by atoms with van der Waals surface area (Å²) < 4.78 is 0. The summed E-state index contributed by atoms with van der Waals surface area (Å²) in [5.41, 5.74) is 4.22. The monoisotopic (exact) mass is 477 g/mol. The Morgan fingerprint density at radius 2 is 1.22 bits per heavy atom. The maximum atomic E-state index is 12.9. The fourth-order valence-electron chi connectivity index (χ4n) is 3.14. The van der Waals surface area contributed by atoms with Crippen LogP contribution < -0.4 is 4.90 Å². The summed E-state index contributed by atoms with van der Waals surface area (Å²) in [6.07, 6.45) is 3.22. The van der Waals surface area contributed by atoms with Gasteiger partial charge in [0.15, 0.2) is 11.6 Å². The Kier molecular flexibility index (Phi) is 6.89. The molecule has 0 radical (unpaired) electrons. The van der Waals surface area contributed by atoms with Gasteiger partial charge in [-0.2, -0.15) is 0 Å². The number of halogens is 1. The van der Waals surface area contributed by atoms with Crippen LogP contribution in [0.2, 0.25) is 5.02 Å². The van der Waals surface area contributed by atoms with Crippen LogP contribution in [0.1, 0.15) is 31.8 Å². The van der Waals surface area contributed by atoms with E-state index in [1.165, 1.54) is 21.6 Å². The van der Waals surface area contributed by atoms with E-state index < -0.39 is 0 Å². The number of nitrogens with zero attached hydrogens (tertiary/aromatic N) is 1. The first-order valence-corrected chi connectivity index (χ1v) is 12.5. The van der Waals surface area contributed by atoms with Crippen molar-refractivity contribution in [3.63, 3.8) is 0 Å². The maximum Gasteiger partial charge on any atom is 0.188 e. The van der Waals surface area contributed by atoms with Crippen LogP contribution >= 0.6 is 33.2 Å². The van der Waals surface area contributed by atoms with Gasteiger partial charge in [-0.15, -0.1) is 0 Å². The molecule has 1 heterocycles. The fourth-order valence-corrected chi connectivity index (χ4v) is 5.67. The molecule has 0 amide bonds. The Bertz CT molecular complexity index is 1160. The standard InChI is InChI=1S/C26H20ClNO2S2/c1-17-6-10-19(11-7-17)23(29)15-25-28(22-5-3-4-21(27)14-22)26(32-31-25)16-24(30)20-12-8-18(2)9-13-20/h3-16H,1-2H3/b25-15-,26-16-. The number of rotatable bonds is 5. The summed E-state index contributed by atoms with van der Waals surface area (Å²) in [5.74, 6) is -0.183. The molecule has 1 fully saturated rings. The van der Waals surface area contributed by atoms with Crippen molar-refractivity contribution in [3.8, 4) is 0 Å². The number of carbonyl (C=O) groups is 2. The molecule has 3 aromatic carbocycles. The quantitative estimate of drug-likeness (QED) is 0.215. The van der Waals surface area contributed by atoms with Gasteiger partial charge in [0, 0.05) is 34.0 Å². The molecule has 0 aliphatic carbocycles. The molecule has 1 aliphatic rings. The Balaban J connectivity index is 1.71. The summed E-state index contributed by atoms with van der Waals surface area (Å²) in [5, 5.41) is 2.04. The van der Waals surface area contributed by atoms with Gasteiger partial charge in [0.2, 0.25) is 0 Å². The number of ketones is 2. The number of hydrogen-bond acceptors (Lipinski definition) is 5. The Labute approximate surface area is 200 Å². The minimum Gasteiger partial charge on any atom is -0.297 e. The molecule has 0 saturated carbocycles. The average molecular weight is 478 g/mol. The topological polar surface area (TPSA) is 37.4 Å². The molecular weight excluding hydrogens is 458 g/mol. The van der Waals surface area contributed by atoms with Crippen LogP contribution in [0.5, 0.6) is 0 Å². The molecule has 32 heavy (non-hydrogen) atoms. The molecule has 0 unspecified atom stereocenters.